The first-order valence-corrected chi connectivity index (χ1v) is 10.1. The van der Waals surface area contributed by atoms with Crippen molar-refractivity contribution < 1.29 is 32.3 Å². The molecule has 2 N–H and O–H groups in total. The van der Waals surface area contributed by atoms with Gasteiger partial charge in [0.1, 0.15) is 0 Å². The van der Waals surface area contributed by atoms with Crippen LogP contribution in [0.4, 0.5) is 0 Å². The Kier molecular flexibility index (Phi) is 5.88. The van der Waals surface area contributed by atoms with Gasteiger partial charge in [0, 0.05) is 26.0 Å². The molecule has 0 saturated carbocycles. The first-order chi connectivity index (χ1) is 12.8. The molecule has 0 bridgehead atoms. The molecule has 2 fully saturated rings. The second kappa shape index (κ2) is 8.15. The lowest BCUT2D eigenvalue weighted by Crippen LogP contribution is -2.45. The molecular weight excluding hydrogens is 376 g/mol. The van der Waals surface area contributed by atoms with Gasteiger partial charge in [-0.2, -0.15) is 0 Å². The molecular formula is C17H20N2O7S. The number of hydrogen-bond donors (Lipinski definition) is 2. The number of imide groups is 1. The summed E-state index contributed by atoms with van der Waals surface area (Å²) in [6.45, 7) is 0.831. The molecule has 2 amide bonds. The molecule has 2 heterocycles. The number of piperidine rings is 1. The van der Waals surface area contributed by atoms with Crippen molar-refractivity contribution in [2.75, 3.05) is 13.2 Å². The summed E-state index contributed by atoms with van der Waals surface area (Å²) in [4.78, 5) is 34.9. The van der Waals surface area contributed by atoms with Gasteiger partial charge in [0.15, 0.2) is 6.10 Å². The fourth-order valence-corrected chi connectivity index (χ4v) is 3.91. The fourth-order valence-electron chi connectivity index (χ4n) is 2.84. The Balaban J connectivity index is 1.59. The number of ether oxygens (including phenoxy) is 2. The van der Waals surface area contributed by atoms with Crippen LogP contribution in [0.1, 0.15) is 36.0 Å². The number of hydrogen-bond acceptors (Lipinski definition) is 7. The van der Waals surface area contributed by atoms with E-state index in [-0.39, 0.29) is 35.9 Å². The van der Waals surface area contributed by atoms with Crippen LogP contribution in [-0.2, 0) is 29.1 Å². The van der Waals surface area contributed by atoms with Gasteiger partial charge < -0.3 is 9.47 Å². The van der Waals surface area contributed by atoms with Crippen LogP contribution >= 0.6 is 0 Å². The van der Waals surface area contributed by atoms with Gasteiger partial charge in [-0.3, -0.25) is 14.9 Å². The highest BCUT2D eigenvalue weighted by atomic mass is 32.2. The molecule has 2 aliphatic heterocycles. The summed E-state index contributed by atoms with van der Waals surface area (Å²) in [6, 6.07) is 5.21. The van der Waals surface area contributed by atoms with Crippen molar-refractivity contribution >= 4 is 27.8 Å². The Hall–Kier alpha value is -2.30. The Morgan fingerprint density at radius 1 is 1.22 bits per heavy atom. The summed E-state index contributed by atoms with van der Waals surface area (Å²) in [5, 5.41) is 2.10. The zero-order valence-electron chi connectivity index (χ0n) is 14.5. The van der Waals surface area contributed by atoms with E-state index in [9.17, 15) is 22.8 Å². The third-order valence-electron chi connectivity index (χ3n) is 4.36. The van der Waals surface area contributed by atoms with Gasteiger partial charge in [0.2, 0.25) is 15.9 Å². The minimum Gasteiger partial charge on any atom is -0.449 e. The Bertz CT molecular complexity index is 829. The minimum atomic E-state index is -3.72. The second-order valence-corrected chi connectivity index (χ2v) is 8.12. The van der Waals surface area contributed by atoms with Crippen molar-refractivity contribution in [2.24, 2.45) is 0 Å². The van der Waals surface area contributed by atoms with Crippen molar-refractivity contribution in [3.63, 3.8) is 0 Å². The molecule has 2 aliphatic rings. The third kappa shape index (κ3) is 4.90. The van der Waals surface area contributed by atoms with Crippen LogP contribution in [0.5, 0.6) is 0 Å². The number of benzene rings is 1. The highest BCUT2D eigenvalue weighted by Crippen LogP contribution is 2.16. The molecule has 0 radical (unpaired) electrons. The third-order valence-corrected chi connectivity index (χ3v) is 5.80. The molecule has 1 aromatic rings. The molecule has 2 unspecified atom stereocenters. The van der Waals surface area contributed by atoms with E-state index in [1.807, 2.05) is 0 Å². The van der Waals surface area contributed by atoms with Gasteiger partial charge in [-0.1, -0.05) is 0 Å². The van der Waals surface area contributed by atoms with Crippen LogP contribution in [-0.4, -0.2) is 51.6 Å². The zero-order valence-corrected chi connectivity index (χ0v) is 15.3. The van der Waals surface area contributed by atoms with E-state index >= 15 is 0 Å². The van der Waals surface area contributed by atoms with Crippen molar-refractivity contribution in [2.45, 2.75) is 42.8 Å². The van der Waals surface area contributed by atoms with Crippen molar-refractivity contribution in [1.29, 1.82) is 0 Å². The van der Waals surface area contributed by atoms with Gasteiger partial charge in [-0.25, -0.2) is 17.9 Å². The summed E-state index contributed by atoms with van der Waals surface area (Å²) in [5.74, 6) is -1.82. The van der Waals surface area contributed by atoms with Crippen LogP contribution in [0.3, 0.4) is 0 Å². The number of carbonyl (C=O) groups excluding carboxylic acids is 3. The number of sulfonamides is 1. The highest BCUT2D eigenvalue weighted by molar-refractivity contribution is 7.89. The van der Waals surface area contributed by atoms with E-state index < -0.39 is 33.9 Å². The summed E-state index contributed by atoms with van der Waals surface area (Å²) in [6.07, 6.45) is 0.784. The molecule has 0 aromatic heterocycles. The Morgan fingerprint density at radius 2 is 1.96 bits per heavy atom. The van der Waals surface area contributed by atoms with E-state index in [1.54, 1.807) is 0 Å². The maximum Gasteiger partial charge on any atom is 0.338 e. The first-order valence-electron chi connectivity index (χ1n) is 8.61. The second-order valence-electron chi connectivity index (χ2n) is 6.36. The summed E-state index contributed by atoms with van der Waals surface area (Å²) < 4.78 is 37.5. The predicted molar refractivity (Wildman–Crippen MR) is 92.2 cm³/mol. The molecule has 1 aromatic carbocycles. The Morgan fingerprint density at radius 3 is 2.59 bits per heavy atom. The molecule has 9 nitrogen and oxygen atoms in total. The van der Waals surface area contributed by atoms with Crippen LogP contribution < -0.4 is 10.0 Å². The fraction of sp³-hybridized carbons (Fsp3) is 0.471. The largest absolute Gasteiger partial charge is 0.449 e. The number of esters is 1. The van der Waals surface area contributed by atoms with Crippen molar-refractivity contribution in [3.05, 3.63) is 29.8 Å². The maximum absolute atomic E-state index is 12.3. The molecule has 2 atom stereocenters. The average molecular weight is 396 g/mol. The van der Waals surface area contributed by atoms with Crippen LogP contribution in [0, 0.1) is 0 Å². The van der Waals surface area contributed by atoms with Crippen molar-refractivity contribution in [3.8, 4) is 0 Å². The lowest BCUT2D eigenvalue weighted by molar-refractivity contribution is -0.140. The van der Waals surface area contributed by atoms with Gasteiger partial charge in [-0.15, -0.1) is 0 Å². The molecule has 146 valence electrons. The monoisotopic (exact) mass is 396 g/mol. The predicted octanol–water partition coefficient (Wildman–Crippen LogP) is 0.106. The summed E-state index contributed by atoms with van der Waals surface area (Å²) in [7, 11) is -3.72. The first kappa shape index (κ1) is 19.5. The maximum atomic E-state index is 12.3. The molecule has 0 aliphatic carbocycles. The summed E-state index contributed by atoms with van der Waals surface area (Å²) >= 11 is 0. The zero-order chi connectivity index (χ0) is 19.4. The number of rotatable bonds is 6. The van der Waals surface area contributed by atoms with Crippen molar-refractivity contribution in [1.82, 2.24) is 10.0 Å². The lowest BCUT2D eigenvalue weighted by atomic mass is 10.1. The van der Waals surface area contributed by atoms with E-state index in [0.717, 1.165) is 12.8 Å². The lowest BCUT2D eigenvalue weighted by Gasteiger charge is -2.20. The SMILES string of the molecule is O=C1CCC(OC(=O)c2ccc(S(=O)(=O)NCC3CCCO3)cc2)C(=O)N1. The average Bonchev–Trinajstić information content (AvgIpc) is 3.16. The Labute approximate surface area is 156 Å². The number of amides is 2. The number of nitrogens with one attached hydrogen (secondary N) is 2. The van der Waals surface area contributed by atoms with Gasteiger partial charge in [0.05, 0.1) is 16.6 Å². The molecule has 3 rings (SSSR count). The van der Waals surface area contributed by atoms with Gasteiger partial charge in [0.25, 0.3) is 5.91 Å². The standard InChI is InChI=1S/C17H20N2O7S/c20-15-8-7-14(16(21)19-15)26-17(22)11-3-5-13(6-4-11)27(23,24)18-10-12-2-1-9-25-12/h3-6,12,14,18H,1-2,7-10H2,(H,19,20,21). The number of carbonyl (C=O) groups is 3. The minimum absolute atomic E-state index is 0.0121. The highest BCUT2D eigenvalue weighted by Gasteiger charge is 2.30. The summed E-state index contributed by atoms with van der Waals surface area (Å²) in [5.41, 5.74) is 0.109. The van der Waals surface area contributed by atoms with Crippen LogP contribution in [0.2, 0.25) is 0 Å². The van der Waals surface area contributed by atoms with E-state index in [1.165, 1.54) is 24.3 Å². The van der Waals surface area contributed by atoms with E-state index in [4.69, 9.17) is 9.47 Å². The topological polar surface area (TPSA) is 128 Å². The van der Waals surface area contributed by atoms with Gasteiger partial charge in [-0.05, 0) is 37.1 Å². The van der Waals surface area contributed by atoms with E-state index in [2.05, 4.69) is 10.0 Å². The quantitative estimate of drug-likeness (QED) is 0.516. The molecule has 2 saturated heterocycles. The van der Waals surface area contributed by atoms with E-state index in [0.29, 0.717) is 6.61 Å². The van der Waals surface area contributed by atoms with Gasteiger partial charge >= 0.3 is 5.97 Å². The normalized spacial score (nSPS) is 23.1. The smallest absolute Gasteiger partial charge is 0.338 e. The molecule has 10 heteroatoms. The van der Waals surface area contributed by atoms with Crippen LogP contribution in [0.25, 0.3) is 0 Å². The molecule has 0 spiro atoms. The van der Waals surface area contributed by atoms with Crippen LogP contribution in [0.15, 0.2) is 29.2 Å². The molecule has 27 heavy (non-hydrogen) atoms.